The Labute approximate surface area is 84.7 Å². The summed E-state index contributed by atoms with van der Waals surface area (Å²) in [6.07, 6.45) is 0. The highest BCUT2D eigenvalue weighted by Crippen LogP contribution is 2.32. The molecule has 0 aliphatic heterocycles. The molecule has 0 saturated heterocycles. The maximum absolute atomic E-state index is 5.82. The van der Waals surface area contributed by atoms with Crippen molar-refractivity contribution >= 4 is 38.9 Å². The third-order valence-electron chi connectivity index (χ3n) is 1.57. The fourth-order valence-corrected chi connectivity index (χ4v) is 2.42. The van der Waals surface area contributed by atoms with Crippen LogP contribution in [0.2, 0.25) is 5.02 Å². The summed E-state index contributed by atoms with van der Waals surface area (Å²) in [6.45, 7) is 4.40. The molecule has 0 aromatic carbocycles. The molecule has 1 rings (SSSR count). The lowest BCUT2D eigenvalue weighted by atomic mass is 9.95. The maximum atomic E-state index is 5.82. The van der Waals surface area contributed by atoms with Gasteiger partial charge in [-0.3, -0.25) is 0 Å². The molecule has 11 heavy (non-hydrogen) atoms. The molecule has 3 heteroatoms. The van der Waals surface area contributed by atoms with E-state index in [-0.39, 0.29) is 5.41 Å². The van der Waals surface area contributed by atoms with Gasteiger partial charge in [-0.05, 0) is 6.07 Å². The van der Waals surface area contributed by atoms with E-state index in [4.69, 9.17) is 11.6 Å². The van der Waals surface area contributed by atoms with Gasteiger partial charge < -0.3 is 0 Å². The van der Waals surface area contributed by atoms with E-state index in [1.807, 2.05) is 11.4 Å². The van der Waals surface area contributed by atoms with E-state index in [1.165, 1.54) is 4.88 Å². The first-order valence-electron chi connectivity index (χ1n) is 3.37. The van der Waals surface area contributed by atoms with Crippen LogP contribution in [0, 0.1) is 0 Å². The van der Waals surface area contributed by atoms with Crippen LogP contribution < -0.4 is 0 Å². The van der Waals surface area contributed by atoms with Crippen molar-refractivity contribution in [3.05, 3.63) is 21.3 Å². The lowest BCUT2D eigenvalue weighted by molar-refractivity contribution is 0.621. The number of alkyl halides is 1. The van der Waals surface area contributed by atoms with Crippen LogP contribution in [-0.4, -0.2) is 5.33 Å². The van der Waals surface area contributed by atoms with Gasteiger partial charge >= 0.3 is 0 Å². The van der Waals surface area contributed by atoms with E-state index in [9.17, 15) is 0 Å². The van der Waals surface area contributed by atoms with Gasteiger partial charge in [0.2, 0.25) is 0 Å². The fourth-order valence-electron chi connectivity index (χ4n) is 0.734. The van der Waals surface area contributed by atoms with Gasteiger partial charge in [0.25, 0.3) is 0 Å². The Balaban J connectivity index is 2.92. The molecule has 0 aliphatic rings. The Hall–Kier alpha value is 0.470. The predicted octanol–water partition coefficient (Wildman–Crippen LogP) is 4.07. The molecular weight excluding hydrogens is 244 g/mol. The predicted molar refractivity (Wildman–Crippen MR) is 56.1 cm³/mol. The average Bonchev–Trinajstić information content (AvgIpc) is 2.36. The van der Waals surface area contributed by atoms with E-state index in [2.05, 4.69) is 29.8 Å². The number of halogens is 2. The second-order valence-electron chi connectivity index (χ2n) is 3.15. The van der Waals surface area contributed by atoms with Crippen LogP contribution in [0.3, 0.4) is 0 Å². The second kappa shape index (κ2) is 3.46. The molecule has 0 amide bonds. The Kier molecular flexibility index (Phi) is 3.01. The molecule has 62 valence electrons. The summed E-state index contributed by atoms with van der Waals surface area (Å²) in [5.41, 5.74) is 0.206. The third-order valence-corrected chi connectivity index (χ3v) is 4.61. The molecule has 0 bridgehead atoms. The Morgan fingerprint density at radius 3 is 2.64 bits per heavy atom. The largest absolute Gasteiger partial charge is 0.147 e. The van der Waals surface area contributed by atoms with Gasteiger partial charge in [-0.15, -0.1) is 11.3 Å². The number of hydrogen-bond donors (Lipinski definition) is 0. The van der Waals surface area contributed by atoms with Gasteiger partial charge in [0, 0.05) is 21.0 Å². The third kappa shape index (κ3) is 2.20. The minimum atomic E-state index is 0.206. The van der Waals surface area contributed by atoms with Crippen molar-refractivity contribution < 1.29 is 0 Å². The first kappa shape index (κ1) is 9.56. The zero-order valence-electron chi connectivity index (χ0n) is 6.53. The van der Waals surface area contributed by atoms with Crippen molar-refractivity contribution in [3.63, 3.8) is 0 Å². The summed E-state index contributed by atoms with van der Waals surface area (Å²) in [7, 11) is 0. The van der Waals surface area contributed by atoms with Crippen LogP contribution in [0.5, 0.6) is 0 Å². The van der Waals surface area contributed by atoms with Crippen molar-refractivity contribution in [1.82, 2.24) is 0 Å². The summed E-state index contributed by atoms with van der Waals surface area (Å²) in [5, 5.41) is 3.79. The summed E-state index contributed by atoms with van der Waals surface area (Å²) in [4.78, 5) is 1.33. The quantitative estimate of drug-likeness (QED) is 0.697. The van der Waals surface area contributed by atoms with Gasteiger partial charge in [-0.1, -0.05) is 41.4 Å². The SMILES string of the molecule is CC(C)(CBr)c1cc(Cl)cs1. The van der Waals surface area contributed by atoms with E-state index in [0.29, 0.717) is 0 Å². The Bertz CT molecular complexity index is 242. The molecule has 0 nitrogen and oxygen atoms in total. The molecule has 0 unspecified atom stereocenters. The minimum Gasteiger partial charge on any atom is -0.147 e. The number of hydrogen-bond acceptors (Lipinski definition) is 1. The summed E-state index contributed by atoms with van der Waals surface area (Å²) in [6, 6.07) is 2.04. The highest BCUT2D eigenvalue weighted by molar-refractivity contribution is 9.09. The van der Waals surface area contributed by atoms with Crippen molar-refractivity contribution in [3.8, 4) is 0 Å². The monoisotopic (exact) mass is 252 g/mol. The molecule has 0 spiro atoms. The van der Waals surface area contributed by atoms with Crippen LogP contribution in [-0.2, 0) is 5.41 Å². The lowest BCUT2D eigenvalue weighted by Crippen LogP contribution is -2.16. The number of thiophene rings is 1. The average molecular weight is 254 g/mol. The molecule has 0 radical (unpaired) electrons. The molecule has 0 fully saturated rings. The lowest BCUT2D eigenvalue weighted by Gasteiger charge is -2.18. The fraction of sp³-hybridized carbons (Fsp3) is 0.500. The zero-order chi connectivity index (χ0) is 8.48. The van der Waals surface area contributed by atoms with Crippen molar-refractivity contribution in [2.75, 3.05) is 5.33 Å². The molecule has 0 saturated carbocycles. The smallest absolute Gasteiger partial charge is 0.0515 e. The summed E-state index contributed by atoms with van der Waals surface area (Å²) < 4.78 is 0. The van der Waals surface area contributed by atoms with Gasteiger partial charge in [-0.25, -0.2) is 0 Å². The molecule has 0 atom stereocenters. The number of rotatable bonds is 2. The van der Waals surface area contributed by atoms with Crippen molar-refractivity contribution in [1.29, 1.82) is 0 Å². The van der Waals surface area contributed by atoms with Gasteiger partial charge in [0.1, 0.15) is 0 Å². The standard InChI is InChI=1S/C8H10BrClS/c1-8(2,5-9)7-3-6(10)4-11-7/h3-4H,5H2,1-2H3. The normalized spacial score (nSPS) is 12.0. The van der Waals surface area contributed by atoms with E-state index < -0.39 is 0 Å². The highest BCUT2D eigenvalue weighted by atomic mass is 79.9. The maximum Gasteiger partial charge on any atom is 0.0515 e. The van der Waals surface area contributed by atoms with Crippen LogP contribution in [0.25, 0.3) is 0 Å². The molecule has 1 aromatic heterocycles. The minimum absolute atomic E-state index is 0.206. The van der Waals surface area contributed by atoms with E-state index in [0.717, 1.165) is 10.4 Å². The molecule has 1 aromatic rings. The van der Waals surface area contributed by atoms with Crippen LogP contribution in [0.4, 0.5) is 0 Å². The van der Waals surface area contributed by atoms with E-state index >= 15 is 0 Å². The van der Waals surface area contributed by atoms with Crippen LogP contribution in [0.15, 0.2) is 11.4 Å². The molecule has 1 heterocycles. The molecule has 0 aliphatic carbocycles. The van der Waals surface area contributed by atoms with Gasteiger partial charge in [0.15, 0.2) is 0 Å². The Morgan fingerprint density at radius 1 is 1.64 bits per heavy atom. The second-order valence-corrected chi connectivity index (χ2v) is 5.06. The van der Waals surface area contributed by atoms with E-state index in [1.54, 1.807) is 11.3 Å². The van der Waals surface area contributed by atoms with Gasteiger partial charge in [0.05, 0.1) is 5.02 Å². The molecular formula is C8H10BrClS. The first-order valence-corrected chi connectivity index (χ1v) is 5.74. The van der Waals surface area contributed by atoms with Crippen LogP contribution >= 0.6 is 38.9 Å². The van der Waals surface area contributed by atoms with Gasteiger partial charge in [-0.2, -0.15) is 0 Å². The highest BCUT2D eigenvalue weighted by Gasteiger charge is 2.20. The first-order chi connectivity index (χ1) is 5.06. The van der Waals surface area contributed by atoms with Crippen LogP contribution in [0.1, 0.15) is 18.7 Å². The zero-order valence-corrected chi connectivity index (χ0v) is 9.68. The summed E-state index contributed by atoms with van der Waals surface area (Å²) >= 11 is 11.0. The summed E-state index contributed by atoms with van der Waals surface area (Å²) in [5.74, 6) is 0. The molecule has 0 N–H and O–H groups in total. The Morgan fingerprint density at radius 2 is 2.27 bits per heavy atom. The van der Waals surface area contributed by atoms with Crippen molar-refractivity contribution in [2.24, 2.45) is 0 Å². The topological polar surface area (TPSA) is 0 Å². The van der Waals surface area contributed by atoms with Crippen molar-refractivity contribution in [2.45, 2.75) is 19.3 Å².